The number of hydrogen-bond acceptors (Lipinski definition) is 4. The summed E-state index contributed by atoms with van der Waals surface area (Å²) in [6.45, 7) is 5.08. The molecule has 6 heteroatoms. The van der Waals surface area contributed by atoms with Gasteiger partial charge in [0, 0.05) is 19.0 Å². The number of nitrogens with one attached hydrogen (secondary N) is 2. The van der Waals surface area contributed by atoms with Crippen LogP contribution < -0.4 is 10.0 Å². The van der Waals surface area contributed by atoms with E-state index in [9.17, 15) is 8.42 Å². The first kappa shape index (κ1) is 15.2. The van der Waals surface area contributed by atoms with Crippen LogP contribution in [0.5, 0.6) is 0 Å². The zero-order valence-electron chi connectivity index (χ0n) is 11.0. The van der Waals surface area contributed by atoms with Crippen molar-refractivity contribution in [1.82, 2.24) is 10.0 Å². The molecule has 0 spiro atoms. The van der Waals surface area contributed by atoms with E-state index in [1.807, 2.05) is 26.0 Å². The van der Waals surface area contributed by atoms with Gasteiger partial charge in [-0.05, 0) is 32.0 Å². The van der Waals surface area contributed by atoms with Crippen LogP contribution in [0.25, 0.3) is 0 Å². The average molecular weight is 274 g/mol. The molecule has 0 saturated heterocycles. The standard InChI is InChI=1S/C12H22N2O3S/c1-3-13-8-10-18(15,16)14-11(2)6-7-12-5-4-9-17-12/h4-5,9,11,13-14H,3,6-8,10H2,1-2H3. The zero-order valence-corrected chi connectivity index (χ0v) is 11.8. The molecule has 0 fully saturated rings. The summed E-state index contributed by atoms with van der Waals surface area (Å²) < 4.78 is 31.3. The lowest BCUT2D eigenvalue weighted by Gasteiger charge is -2.13. The van der Waals surface area contributed by atoms with E-state index >= 15 is 0 Å². The molecule has 0 aromatic carbocycles. The van der Waals surface area contributed by atoms with Gasteiger partial charge >= 0.3 is 0 Å². The van der Waals surface area contributed by atoms with Gasteiger partial charge in [0.05, 0.1) is 12.0 Å². The molecule has 104 valence electrons. The van der Waals surface area contributed by atoms with Crippen molar-refractivity contribution in [1.29, 1.82) is 0 Å². The smallest absolute Gasteiger partial charge is 0.213 e. The van der Waals surface area contributed by atoms with E-state index in [1.165, 1.54) is 0 Å². The highest BCUT2D eigenvalue weighted by Crippen LogP contribution is 2.06. The minimum absolute atomic E-state index is 0.0817. The van der Waals surface area contributed by atoms with Crippen molar-refractivity contribution in [2.75, 3.05) is 18.8 Å². The van der Waals surface area contributed by atoms with E-state index in [1.54, 1.807) is 6.26 Å². The van der Waals surface area contributed by atoms with E-state index in [-0.39, 0.29) is 11.8 Å². The van der Waals surface area contributed by atoms with Gasteiger partial charge in [0.15, 0.2) is 0 Å². The van der Waals surface area contributed by atoms with Gasteiger partial charge < -0.3 is 9.73 Å². The molecule has 1 heterocycles. The van der Waals surface area contributed by atoms with E-state index < -0.39 is 10.0 Å². The predicted molar refractivity (Wildman–Crippen MR) is 72.0 cm³/mol. The van der Waals surface area contributed by atoms with Crippen LogP contribution in [0.4, 0.5) is 0 Å². The fourth-order valence-corrected chi connectivity index (χ4v) is 2.88. The van der Waals surface area contributed by atoms with Crippen LogP contribution in [0.3, 0.4) is 0 Å². The Morgan fingerprint density at radius 1 is 1.44 bits per heavy atom. The van der Waals surface area contributed by atoms with Crippen LogP contribution in [0, 0.1) is 0 Å². The van der Waals surface area contributed by atoms with E-state index in [4.69, 9.17) is 4.42 Å². The summed E-state index contributed by atoms with van der Waals surface area (Å²) in [4.78, 5) is 0. The van der Waals surface area contributed by atoms with E-state index in [0.29, 0.717) is 6.54 Å². The second kappa shape index (κ2) is 7.56. The first-order chi connectivity index (χ1) is 8.53. The summed E-state index contributed by atoms with van der Waals surface area (Å²) in [6.07, 6.45) is 3.10. The van der Waals surface area contributed by atoms with Crippen molar-refractivity contribution in [3.63, 3.8) is 0 Å². The molecule has 1 aromatic rings. The highest BCUT2D eigenvalue weighted by atomic mass is 32.2. The topological polar surface area (TPSA) is 71.3 Å². The normalized spacial score (nSPS) is 13.7. The summed E-state index contributed by atoms with van der Waals surface area (Å²) in [7, 11) is -3.19. The van der Waals surface area contributed by atoms with Gasteiger partial charge in [0.1, 0.15) is 5.76 Å². The van der Waals surface area contributed by atoms with Crippen molar-refractivity contribution >= 4 is 10.0 Å². The van der Waals surface area contributed by atoms with Crippen molar-refractivity contribution in [3.05, 3.63) is 24.2 Å². The molecule has 0 bridgehead atoms. The molecule has 2 N–H and O–H groups in total. The molecule has 1 atom stereocenters. The number of furan rings is 1. The molecule has 0 aliphatic heterocycles. The largest absolute Gasteiger partial charge is 0.469 e. The van der Waals surface area contributed by atoms with Gasteiger partial charge in [0.25, 0.3) is 0 Å². The lowest BCUT2D eigenvalue weighted by molar-refractivity contribution is 0.480. The number of aryl methyl sites for hydroxylation is 1. The van der Waals surface area contributed by atoms with Crippen molar-refractivity contribution in [3.8, 4) is 0 Å². The van der Waals surface area contributed by atoms with E-state index in [0.717, 1.165) is 25.1 Å². The number of sulfonamides is 1. The molecular weight excluding hydrogens is 252 g/mol. The van der Waals surface area contributed by atoms with E-state index in [2.05, 4.69) is 10.0 Å². The molecule has 0 amide bonds. The van der Waals surface area contributed by atoms with Crippen LogP contribution in [0.2, 0.25) is 0 Å². The predicted octanol–water partition coefficient (Wildman–Crippen LogP) is 1.13. The summed E-state index contributed by atoms with van der Waals surface area (Å²) in [5.41, 5.74) is 0. The van der Waals surface area contributed by atoms with Gasteiger partial charge in [-0.1, -0.05) is 6.92 Å². The van der Waals surface area contributed by atoms with Crippen molar-refractivity contribution in [2.45, 2.75) is 32.7 Å². The summed E-state index contributed by atoms with van der Waals surface area (Å²) in [5.74, 6) is 1.00. The molecule has 0 aliphatic carbocycles. The first-order valence-corrected chi connectivity index (χ1v) is 7.92. The monoisotopic (exact) mass is 274 g/mol. The second-order valence-electron chi connectivity index (χ2n) is 4.31. The van der Waals surface area contributed by atoms with Crippen LogP contribution >= 0.6 is 0 Å². The molecule has 1 unspecified atom stereocenters. The lowest BCUT2D eigenvalue weighted by atomic mass is 10.2. The maximum Gasteiger partial charge on any atom is 0.213 e. The third-order valence-corrected chi connectivity index (χ3v) is 4.09. The molecule has 5 nitrogen and oxygen atoms in total. The molecule has 1 aromatic heterocycles. The molecule has 1 rings (SSSR count). The molecule has 18 heavy (non-hydrogen) atoms. The van der Waals surface area contributed by atoms with Gasteiger partial charge in [-0.15, -0.1) is 0 Å². The first-order valence-electron chi connectivity index (χ1n) is 6.26. The maximum atomic E-state index is 11.7. The zero-order chi connectivity index (χ0) is 13.4. The minimum Gasteiger partial charge on any atom is -0.469 e. The maximum absolute atomic E-state index is 11.7. The Morgan fingerprint density at radius 2 is 2.22 bits per heavy atom. The number of hydrogen-bond donors (Lipinski definition) is 2. The van der Waals surface area contributed by atoms with Gasteiger partial charge in [-0.25, -0.2) is 13.1 Å². The van der Waals surface area contributed by atoms with Crippen LogP contribution in [0.15, 0.2) is 22.8 Å². The lowest BCUT2D eigenvalue weighted by Crippen LogP contribution is -2.37. The SMILES string of the molecule is CCNCCS(=O)(=O)NC(C)CCc1ccco1. The van der Waals surface area contributed by atoms with Gasteiger partial charge in [-0.2, -0.15) is 0 Å². The Hall–Kier alpha value is -0.850. The Kier molecular flexibility index (Phi) is 6.38. The third-order valence-electron chi connectivity index (χ3n) is 2.58. The fourth-order valence-electron chi connectivity index (χ4n) is 1.62. The van der Waals surface area contributed by atoms with Crippen molar-refractivity contribution < 1.29 is 12.8 Å². The Bertz CT molecular complexity index is 415. The Morgan fingerprint density at radius 3 is 2.83 bits per heavy atom. The number of rotatable bonds is 9. The second-order valence-corrected chi connectivity index (χ2v) is 6.18. The quantitative estimate of drug-likeness (QED) is 0.662. The average Bonchev–Trinajstić information content (AvgIpc) is 2.78. The fraction of sp³-hybridized carbons (Fsp3) is 0.667. The van der Waals surface area contributed by atoms with Crippen LogP contribution in [-0.2, 0) is 16.4 Å². The summed E-state index contributed by atoms with van der Waals surface area (Å²) in [6, 6.07) is 3.65. The summed E-state index contributed by atoms with van der Waals surface area (Å²) in [5, 5.41) is 3.00. The third kappa shape index (κ3) is 6.18. The minimum atomic E-state index is -3.19. The van der Waals surface area contributed by atoms with Crippen LogP contribution in [-0.4, -0.2) is 33.3 Å². The highest BCUT2D eigenvalue weighted by Gasteiger charge is 2.14. The Labute approximate surface area is 109 Å². The Balaban J connectivity index is 2.27. The molecule has 0 radical (unpaired) electrons. The molecule has 0 aliphatic rings. The van der Waals surface area contributed by atoms with Crippen molar-refractivity contribution in [2.24, 2.45) is 0 Å². The highest BCUT2D eigenvalue weighted by molar-refractivity contribution is 7.89. The molecule has 0 saturated carbocycles. The molecular formula is C12H22N2O3S. The van der Waals surface area contributed by atoms with Crippen LogP contribution in [0.1, 0.15) is 26.0 Å². The van der Waals surface area contributed by atoms with Gasteiger partial charge in [-0.3, -0.25) is 0 Å². The summed E-state index contributed by atoms with van der Waals surface area (Å²) >= 11 is 0. The van der Waals surface area contributed by atoms with Gasteiger partial charge in [0.2, 0.25) is 10.0 Å².